The Hall–Kier alpha value is -2.74. The maximum atomic E-state index is 12.9. The molecule has 0 radical (unpaired) electrons. The van der Waals surface area contributed by atoms with Gasteiger partial charge in [-0.2, -0.15) is 5.10 Å². The third-order valence-electron chi connectivity index (χ3n) is 5.64. The predicted octanol–water partition coefficient (Wildman–Crippen LogP) is 1.45. The molecule has 1 N–H and O–H groups in total. The number of hydrogen-bond donors (Lipinski definition) is 1. The quantitative estimate of drug-likeness (QED) is 0.878. The summed E-state index contributed by atoms with van der Waals surface area (Å²) in [6, 6.07) is 5.43. The van der Waals surface area contributed by atoms with Crippen LogP contribution in [0.15, 0.2) is 24.4 Å². The Morgan fingerprint density at radius 2 is 2.15 bits per heavy atom. The monoisotopic (exact) mass is 370 g/mol. The van der Waals surface area contributed by atoms with Gasteiger partial charge in [-0.25, -0.2) is 9.67 Å². The van der Waals surface area contributed by atoms with Crippen LogP contribution >= 0.6 is 0 Å². The van der Waals surface area contributed by atoms with Crippen molar-refractivity contribution in [1.29, 1.82) is 0 Å². The summed E-state index contributed by atoms with van der Waals surface area (Å²) in [5.74, 6) is -0.571. The van der Waals surface area contributed by atoms with Crippen molar-refractivity contribution in [2.24, 2.45) is 11.3 Å². The fourth-order valence-corrected chi connectivity index (χ4v) is 4.14. The molecule has 2 atom stereocenters. The lowest BCUT2D eigenvalue weighted by Gasteiger charge is -2.33. The Bertz CT molecular complexity index is 892. The molecule has 8 heteroatoms. The van der Waals surface area contributed by atoms with Crippen molar-refractivity contribution in [3.8, 4) is 5.82 Å². The van der Waals surface area contributed by atoms with E-state index in [1.807, 2.05) is 19.9 Å². The highest BCUT2D eigenvalue weighted by Crippen LogP contribution is 2.42. The Balaban J connectivity index is 1.55. The number of nitrogens with zero attached hydrogens (tertiary/aromatic N) is 4. The molecule has 27 heavy (non-hydrogen) atoms. The fourth-order valence-electron chi connectivity index (χ4n) is 4.14. The van der Waals surface area contributed by atoms with Crippen molar-refractivity contribution in [3.05, 3.63) is 41.3 Å². The van der Waals surface area contributed by atoms with E-state index in [1.54, 1.807) is 21.7 Å². The molecule has 8 nitrogen and oxygen atoms in total. The number of carboxylic acid groups (broad SMARTS) is 1. The first kappa shape index (κ1) is 17.7. The normalized spacial score (nSPS) is 24.7. The number of aryl methyl sites for hydroxylation is 2. The Morgan fingerprint density at radius 1 is 1.33 bits per heavy atom. The van der Waals surface area contributed by atoms with E-state index in [-0.39, 0.29) is 18.4 Å². The lowest BCUT2D eigenvalue weighted by molar-refractivity contribution is -0.157. The summed E-state index contributed by atoms with van der Waals surface area (Å²) < 4.78 is 7.17. The minimum atomic E-state index is -0.898. The molecule has 2 aliphatic rings. The van der Waals surface area contributed by atoms with Crippen LogP contribution in [-0.4, -0.2) is 63.0 Å². The molecule has 2 aliphatic heterocycles. The first-order valence-electron chi connectivity index (χ1n) is 9.01. The van der Waals surface area contributed by atoms with Crippen molar-refractivity contribution in [2.45, 2.75) is 20.3 Å². The highest BCUT2D eigenvalue weighted by atomic mass is 16.5. The van der Waals surface area contributed by atoms with E-state index in [2.05, 4.69) is 10.1 Å². The van der Waals surface area contributed by atoms with Gasteiger partial charge in [-0.3, -0.25) is 9.59 Å². The van der Waals surface area contributed by atoms with Crippen LogP contribution in [0.25, 0.3) is 5.82 Å². The molecule has 0 bridgehead atoms. The second-order valence-electron chi connectivity index (χ2n) is 7.41. The summed E-state index contributed by atoms with van der Waals surface area (Å²) in [5.41, 5.74) is 1.41. The summed E-state index contributed by atoms with van der Waals surface area (Å²) in [4.78, 5) is 30.8. The molecular weight excluding hydrogens is 348 g/mol. The van der Waals surface area contributed by atoms with E-state index in [1.165, 1.54) is 6.20 Å². The molecule has 142 valence electrons. The maximum absolute atomic E-state index is 12.9. The minimum absolute atomic E-state index is 0.172. The van der Waals surface area contributed by atoms with Crippen molar-refractivity contribution in [3.63, 3.8) is 0 Å². The Morgan fingerprint density at radius 3 is 2.74 bits per heavy atom. The summed E-state index contributed by atoms with van der Waals surface area (Å²) >= 11 is 0. The summed E-state index contributed by atoms with van der Waals surface area (Å²) in [5, 5.41) is 14.1. The number of fused-ring (bicyclic) bond motifs is 1. The topological polar surface area (TPSA) is 97.5 Å². The van der Waals surface area contributed by atoms with Gasteiger partial charge in [0.1, 0.15) is 0 Å². The molecule has 1 amide bonds. The molecule has 0 spiro atoms. The van der Waals surface area contributed by atoms with Crippen LogP contribution < -0.4 is 0 Å². The average molecular weight is 370 g/mol. The molecule has 0 aliphatic carbocycles. The van der Waals surface area contributed by atoms with Gasteiger partial charge >= 0.3 is 5.97 Å². The molecule has 2 aromatic rings. The maximum Gasteiger partial charge on any atom is 0.311 e. The zero-order valence-electron chi connectivity index (χ0n) is 15.4. The number of carbonyl (C=O) groups is 2. The number of hydrogen-bond acceptors (Lipinski definition) is 5. The first-order valence-corrected chi connectivity index (χ1v) is 9.01. The molecule has 0 aromatic carbocycles. The van der Waals surface area contributed by atoms with Gasteiger partial charge in [-0.05, 0) is 38.5 Å². The fraction of sp³-hybridized carbons (Fsp3) is 0.474. The molecule has 0 saturated carbocycles. The minimum Gasteiger partial charge on any atom is -0.481 e. The van der Waals surface area contributed by atoms with E-state index >= 15 is 0 Å². The Labute approximate surface area is 156 Å². The number of aromatic nitrogens is 3. The molecular formula is C19H22N4O4. The van der Waals surface area contributed by atoms with Gasteiger partial charge < -0.3 is 14.7 Å². The zero-order valence-corrected chi connectivity index (χ0v) is 15.4. The lowest BCUT2D eigenvalue weighted by Crippen LogP contribution is -2.45. The van der Waals surface area contributed by atoms with Crippen LogP contribution in [0.1, 0.15) is 28.2 Å². The van der Waals surface area contributed by atoms with Crippen LogP contribution in [0.5, 0.6) is 0 Å². The highest BCUT2D eigenvalue weighted by Gasteiger charge is 2.54. The number of rotatable bonds is 3. The molecule has 2 fully saturated rings. The van der Waals surface area contributed by atoms with Crippen LogP contribution in [0.3, 0.4) is 0 Å². The summed E-state index contributed by atoms with van der Waals surface area (Å²) in [6.45, 7) is 5.27. The van der Waals surface area contributed by atoms with E-state index in [0.717, 1.165) is 11.4 Å². The molecule has 0 unspecified atom stereocenters. The average Bonchev–Trinajstić information content (AvgIpc) is 3.22. The van der Waals surface area contributed by atoms with Crippen LogP contribution in [0.4, 0.5) is 0 Å². The zero-order chi connectivity index (χ0) is 19.2. The smallest absolute Gasteiger partial charge is 0.311 e. The van der Waals surface area contributed by atoms with Crippen molar-refractivity contribution >= 4 is 11.9 Å². The first-order chi connectivity index (χ1) is 12.9. The van der Waals surface area contributed by atoms with Gasteiger partial charge in [0.2, 0.25) is 0 Å². The number of amides is 1. The third-order valence-corrected chi connectivity index (χ3v) is 5.64. The van der Waals surface area contributed by atoms with E-state index in [9.17, 15) is 14.7 Å². The lowest BCUT2D eigenvalue weighted by atomic mass is 9.74. The van der Waals surface area contributed by atoms with Gasteiger partial charge in [0.15, 0.2) is 5.82 Å². The highest BCUT2D eigenvalue weighted by molar-refractivity contribution is 5.95. The SMILES string of the molecule is Cc1cc(C)n(-c2ccc(C(=O)N3C[C@H]4COCC[C@@]4(C(=O)O)C3)cn2)n1. The second-order valence-corrected chi connectivity index (χ2v) is 7.41. The van der Waals surface area contributed by atoms with Gasteiger partial charge in [-0.15, -0.1) is 0 Å². The molecule has 4 heterocycles. The predicted molar refractivity (Wildman–Crippen MR) is 95.7 cm³/mol. The van der Waals surface area contributed by atoms with Crippen LogP contribution in [0, 0.1) is 25.2 Å². The number of ether oxygens (including phenoxy) is 1. The van der Waals surface area contributed by atoms with E-state index < -0.39 is 11.4 Å². The van der Waals surface area contributed by atoms with Crippen molar-refractivity contribution in [2.75, 3.05) is 26.3 Å². The number of carbonyl (C=O) groups excluding carboxylic acids is 1. The number of likely N-dealkylation sites (tertiary alicyclic amines) is 1. The Kier molecular flexibility index (Phi) is 4.22. The summed E-state index contributed by atoms with van der Waals surface area (Å²) in [7, 11) is 0. The molecule has 2 aromatic heterocycles. The van der Waals surface area contributed by atoms with Gasteiger partial charge in [0.05, 0.1) is 23.3 Å². The van der Waals surface area contributed by atoms with E-state index in [4.69, 9.17) is 4.74 Å². The molecule has 2 saturated heterocycles. The number of pyridine rings is 1. The van der Waals surface area contributed by atoms with E-state index in [0.29, 0.717) is 37.6 Å². The van der Waals surface area contributed by atoms with Gasteiger partial charge in [0, 0.05) is 37.5 Å². The van der Waals surface area contributed by atoms with Gasteiger partial charge in [-0.1, -0.05) is 0 Å². The largest absolute Gasteiger partial charge is 0.481 e. The third kappa shape index (κ3) is 2.90. The van der Waals surface area contributed by atoms with Crippen LogP contribution in [0.2, 0.25) is 0 Å². The van der Waals surface area contributed by atoms with Crippen LogP contribution in [-0.2, 0) is 9.53 Å². The van der Waals surface area contributed by atoms with Crippen molar-refractivity contribution in [1.82, 2.24) is 19.7 Å². The standard InChI is InChI=1S/C19H22N4O4/c1-12-7-13(2)23(21-12)16-4-3-14(8-20-16)17(24)22-9-15-10-27-6-5-19(15,11-22)18(25)26/h3-4,7-8,15H,5-6,9-11H2,1-2H3,(H,25,26)/t15-,19+/m0/s1. The second kappa shape index (κ2) is 6.45. The number of aliphatic carboxylic acids is 1. The van der Waals surface area contributed by atoms with Gasteiger partial charge in [0.25, 0.3) is 5.91 Å². The molecule has 4 rings (SSSR count). The number of carboxylic acids is 1. The summed E-state index contributed by atoms with van der Waals surface area (Å²) in [6.07, 6.45) is 1.96. The van der Waals surface area contributed by atoms with Crippen molar-refractivity contribution < 1.29 is 19.4 Å².